The van der Waals surface area contributed by atoms with Gasteiger partial charge in [-0.2, -0.15) is 0 Å². The summed E-state index contributed by atoms with van der Waals surface area (Å²) in [6.45, 7) is 1.33. The maximum atomic E-state index is 13.9. The second kappa shape index (κ2) is 8.92. The summed E-state index contributed by atoms with van der Waals surface area (Å²) in [5.41, 5.74) is 2.02. The summed E-state index contributed by atoms with van der Waals surface area (Å²) < 4.78 is 13.9. The first kappa shape index (κ1) is 20.5. The third-order valence-electron chi connectivity index (χ3n) is 5.06. The Balaban J connectivity index is 1.69. The summed E-state index contributed by atoms with van der Waals surface area (Å²) >= 11 is 0. The second-order valence-corrected chi connectivity index (χ2v) is 7.07. The first-order valence-electron chi connectivity index (χ1n) is 9.80. The summed E-state index contributed by atoms with van der Waals surface area (Å²) in [4.78, 5) is 23.5. The molecule has 1 atom stereocenters. The van der Waals surface area contributed by atoms with E-state index in [0.29, 0.717) is 24.6 Å². The lowest BCUT2D eigenvalue weighted by Crippen LogP contribution is -2.48. The van der Waals surface area contributed by atoms with Crippen LogP contribution in [0.1, 0.15) is 0 Å². The Morgan fingerprint density at radius 2 is 2.10 bits per heavy atom. The SMILES string of the molecule is CN(c1cccnc1)c1ccc([N+](=O)[O-])c(Nc2ccccc2N2CCNC(F)C2)n1. The molecule has 10 heteroatoms. The number of halogens is 1. The lowest BCUT2D eigenvalue weighted by Gasteiger charge is -2.33. The molecule has 2 aromatic heterocycles. The average molecular weight is 423 g/mol. The number of piperazine rings is 1. The standard InChI is InChI=1S/C21H22FN7O2/c1-27(15-5-4-10-23-13-15)20-9-8-18(29(30)31)21(26-20)25-16-6-2-3-7-17(16)28-12-11-24-19(22)14-28/h2-10,13,19,24H,11-12,14H2,1H3,(H,25,26). The summed E-state index contributed by atoms with van der Waals surface area (Å²) in [6, 6.07) is 14.0. The zero-order valence-electron chi connectivity index (χ0n) is 16.9. The molecule has 3 aromatic rings. The van der Waals surface area contributed by atoms with E-state index in [1.54, 1.807) is 35.5 Å². The van der Waals surface area contributed by atoms with Crippen molar-refractivity contribution in [2.45, 2.75) is 6.30 Å². The van der Waals surface area contributed by atoms with Crippen LogP contribution in [0.2, 0.25) is 0 Å². The number of alkyl halides is 1. The van der Waals surface area contributed by atoms with Crippen molar-refractivity contribution in [2.24, 2.45) is 0 Å². The molecule has 1 aliphatic rings. The highest BCUT2D eigenvalue weighted by Crippen LogP contribution is 2.34. The lowest BCUT2D eigenvalue weighted by atomic mass is 10.2. The van der Waals surface area contributed by atoms with Crippen LogP contribution < -0.4 is 20.4 Å². The zero-order valence-corrected chi connectivity index (χ0v) is 16.9. The third-order valence-corrected chi connectivity index (χ3v) is 5.06. The van der Waals surface area contributed by atoms with Gasteiger partial charge in [0.15, 0.2) is 6.30 Å². The fraction of sp³-hybridized carbons (Fsp3) is 0.238. The van der Waals surface area contributed by atoms with Crippen LogP contribution in [-0.4, -0.2) is 47.9 Å². The number of nitrogens with zero attached hydrogens (tertiary/aromatic N) is 5. The summed E-state index contributed by atoms with van der Waals surface area (Å²) in [7, 11) is 1.81. The van der Waals surface area contributed by atoms with Crippen molar-refractivity contribution in [1.29, 1.82) is 0 Å². The fourth-order valence-corrected chi connectivity index (χ4v) is 3.46. The van der Waals surface area contributed by atoms with Gasteiger partial charge in [-0.05, 0) is 30.3 Å². The molecule has 0 amide bonds. The van der Waals surface area contributed by atoms with Crippen LogP contribution in [-0.2, 0) is 0 Å². The number of hydrogen-bond acceptors (Lipinski definition) is 8. The number of anilines is 5. The number of rotatable bonds is 6. The molecule has 3 heterocycles. The zero-order chi connectivity index (χ0) is 21.8. The second-order valence-electron chi connectivity index (χ2n) is 7.07. The number of benzene rings is 1. The monoisotopic (exact) mass is 423 g/mol. The number of pyridine rings is 2. The van der Waals surface area contributed by atoms with E-state index in [4.69, 9.17) is 0 Å². The van der Waals surface area contributed by atoms with Crippen LogP contribution in [0.3, 0.4) is 0 Å². The van der Waals surface area contributed by atoms with Crippen molar-refractivity contribution in [3.8, 4) is 0 Å². The highest BCUT2D eigenvalue weighted by molar-refractivity contribution is 5.78. The van der Waals surface area contributed by atoms with E-state index < -0.39 is 11.2 Å². The molecule has 9 nitrogen and oxygen atoms in total. The first-order chi connectivity index (χ1) is 15.0. The molecule has 0 aliphatic carbocycles. The molecule has 0 spiro atoms. The number of hydrogen-bond donors (Lipinski definition) is 2. The predicted molar refractivity (Wildman–Crippen MR) is 118 cm³/mol. The molecule has 2 N–H and O–H groups in total. The number of aromatic nitrogens is 2. The Kier molecular flexibility index (Phi) is 5.89. The Labute approximate surface area is 178 Å². The smallest absolute Gasteiger partial charge is 0.311 e. The topological polar surface area (TPSA) is 99.5 Å². The van der Waals surface area contributed by atoms with Crippen LogP contribution in [0.25, 0.3) is 0 Å². The minimum atomic E-state index is -1.13. The van der Waals surface area contributed by atoms with Gasteiger partial charge in [0.25, 0.3) is 0 Å². The average Bonchev–Trinajstić information content (AvgIpc) is 2.79. The van der Waals surface area contributed by atoms with E-state index in [1.807, 2.05) is 36.2 Å². The van der Waals surface area contributed by atoms with Crippen molar-refractivity contribution in [1.82, 2.24) is 15.3 Å². The molecular weight excluding hydrogens is 401 g/mol. The van der Waals surface area contributed by atoms with Gasteiger partial charge in [0.05, 0.1) is 34.7 Å². The van der Waals surface area contributed by atoms with Gasteiger partial charge in [-0.1, -0.05) is 12.1 Å². The molecular formula is C21H22FN7O2. The Bertz CT molecular complexity index is 1070. The van der Waals surface area contributed by atoms with E-state index >= 15 is 0 Å². The highest BCUT2D eigenvalue weighted by atomic mass is 19.1. The fourth-order valence-electron chi connectivity index (χ4n) is 3.46. The summed E-state index contributed by atoms with van der Waals surface area (Å²) in [5, 5.41) is 17.5. The van der Waals surface area contributed by atoms with Gasteiger partial charge in [-0.3, -0.25) is 20.4 Å². The molecule has 0 bridgehead atoms. The van der Waals surface area contributed by atoms with Crippen molar-refractivity contribution >= 4 is 34.4 Å². The number of nitrogens with one attached hydrogen (secondary N) is 2. The maximum Gasteiger partial charge on any atom is 0.311 e. The molecule has 1 aromatic carbocycles. The van der Waals surface area contributed by atoms with Gasteiger partial charge in [0.2, 0.25) is 5.82 Å². The minimum absolute atomic E-state index is 0.109. The van der Waals surface area contributed by atoms with Gasteiger partial charge in [0, 0.05) is 32.4 Å². The molecule has 0 radical (unpaired) electrons. The summed E-state index contributed by atoms with van der Waals surface area (Å²) in [6.07, 6.45) is 2.22. The predicted octanol–water partition coefficient (Wildman–Crippen LogP) is 3.60. The number of para-hydroxylation sites is 2. The molecule has 1 saturated heterocycles. The number of nitro groups is 1. The molecule has 1 aliphatic heterocycles. The van der Waals surface area contributed by atoms with Gasteiger partial charge >= 0.3 is 5.69 Å². The van der Waals surface area contributed by atoms with E-state index in [0.717, 1.165) is 11.4 Å². The Morgan fingerprint density at radius 1 is 1.26 bits per heavy atom. The quantitative estimate of drug-likeness (QED) is 0.352. The molecule has 1 unspecified atom stereocenters. The molecule has 1 fully saturated rings. The van der Waals surface area contributed by atoms with Gasteiger partial charge in [-0.25, -0.2) is 9.37 Å². The van der Waals surface area contributed by atoms with Crippen molar-refractivity contribution in [2.75, 3.05) is 41.8 Å². The van der Waals surface area contributed by atoms with Crippen LogP contribution in [0.5, 0.6) is 0 Å². The molecule has 4 rings (SSSR count). The molecule has 0 saturated carbocycles. The minimum Gasteiger partial charge on any atom is -0.364 e. The highest BCUT2D eigenvalue weighted by Gasteiger charge is 2.23. The van der Waals surface area contributed by atoms with E-state index in [1.165, 1.54) is 6.07 Å². The van der Waals surface area contributed by atoms with Crippen LogP contribution in [0, 0.1) is 10.1 Å². The third kappa shape index (κ3) is 4.53. The van der Waals surface area contributed by atoms with Crippen LogP contribution in [0.4, 0.5) is 38.8 Å². The largest absolute Gasteiger partial charge is 0.364 e. The Hall–Kier alpha value is -3.79. The normalized spacial score (nSPS) is 16.1. The first-order valence-corrected chi connectivity index (χ1v) is 9.80. The van der Waals surface area contributed by atoms with Crippen molar-refractivity contribution in [3.63, 3.8) is 0 Å². The van der Waals surface area contributed by atoms with E-state index in [2.05, 4.69) is 20.6 Å². The molecule has 160 valence electrons. The summed E-state index contributed by atoms with van der Waals surface area (Å²) in [5.74, 6) is 0.627. The van der Waals surface area contributed by atoms with Gasteiger partial charge in [0.1, 0.15) is 5.82 Å². The van der Waals surface area contributed by atoms with Crippen molar-refractivity contribution < 1.29 is 9.31 Å². The molecule has 31 heavy (non-hydrogen) atoms. The van der Waals surface area contributed by atoms with Crippen LogP contribution in [0.15, 0.2) is 60.9 Å². The lowest BCUT2D eigenvalue weighted by molar-refractivity contribution is -0.384. The van der Waals surface area contributed by atoms with Gasteiger partial charge < -0.3 is 15.1 Å². The maximum absolute atomic E-state index is 13.9. The van der Waals surface area contributed by atoms with E-state index in [-0.39, 0.29) is 18.1 Å². The van der Waals surface area contributed by atoms with Crippen molar-refractivity contribution in [3.05, 3.63) is 71.0 Å². The van der Waals surface area contributed by atoms with Gasteiger partial charge in [-0.15, -0.1) is 0 Å². The van der Waals surface area contributed by atoms with E-state index in [9.17, 15) is 14.5 Å². The van der Waals surface area contributed by atoms with Crippen LogP contribution >= 0.6 is 0 Å². The Morgan fingerprint density at radius 3 is 2.84 bits per heavy atom.